The lowest BCUT2D eigenvalue weighted by molar-refractivity contribution is -0.392. The molecule has 0 fully saturated rings. The zero-order valence-corrected chi connectivity index (χ0v) is 12.3. The zero-order valence-electron chi connectivity index (χ0n) is 11.5. The second kappa shape index (κ2) is 4.81. The molecule has 0 spiro atoms. The van der Waals surface area contributed by atoms with Gasteiger partial charge in [0, 0.05) is 18.4 Å². The van der Waals surface area contributed by atoms with E-state index in [4.69, 9.17) is 0 Å². The summed E-state index contributed by atoms with van der Waals surface area (Å²) in [4.78, 5) is 22.8. The van der Waals surface area contributed by atoms with Gasteiger partial charge >= 0.3 is 5.82 Å². The van der Waals surface area contributed by atoms with Crippen LogP contribution in [0.15, 0.2) is 22.6 Å². The van der Waals surface area contributed by atoms with Crippen molar-refractivity contribution in [3.63, 3.8) is 0 Å². The smallest absolute Gasteiger partial charge is 0.358 e. The first kappa shape index (κ1) is 13.5. The molecule has 108 valence electrons. The Bertz CT molecular complexity index is 854. The van der Waals surface area contributed by atoms with Gasteiger partial charge in [0.15, 0.2) is 5.03 Å². The molecule has 3 rings (SSSR count). The van der Waals surface area contributed by atoms with E-state index < -0.39 is 4.92 Å². The lowest BCUT2D eigenvalue weighted by Crippen LogP contribution is -1.97. The molecule has 0 aliphatic carbocycles. The molecule has 0 saturated carbocycles. The van der Waals surface area contributed by atoms with Gasteiger partial charge in [0.2, 0.25) is 11.5 Å². The molecule has 21 heavy (non-hydrogen) atoms. The summed E-state index contributed by atoms with van der Waals surface area (Å²) >= 11 is 1.09. The summed E-state index contributed by atoms with van der Waals surface area (Å²) in [5.41, 5.74) is 1.74. The lowest BCUT2D eigenvalue weighted by Gasteiger charge is -1.98. The minimum Gasteiger partial charge on any atom is -0.358 e. The Labute approximate surface area is 123 Å². The Kier molecular flexibility index (Phi) is 3.09. The van der Waals surface area contributed by atoms with Crippen molar-refractivity contribution < 1.29 is 4.92 Å². The summed E-state index contributed by atoms with van der Waals surface area (Å²) < 4.78 is 3.18. The molecule has 3 heterocycles. The van der Waals surface area contributed by atoms with Gasteiger partial charge in [-0.05, 0) is 41.6 Å². The number of fused-ring (bicyclic) bond motifs is 1. The molecule has 0 N–H and O–H groups in total. The van der Waals surface area contributed by atoms with E-state index in [0.717, 1.165) is 23.1 Å². The first-order valence-electron chi connectivity index (χ1n) is 6.00. The number of rotatable bonds is 3. The van der Waals surface area contributed by atoms with E-state index in [0.29, 0.717) is 16.0 Å². The predicted molar refractivity (Wildman–Crippen MR) is 74.2 cm³/mol. The Hall–Kier alpha value is -2.49. The van der Waals surface area contributed by atoms with Gasteiger partial charge in [-0.1, -0.05) is 0 Å². The second-order valence-corrected chi connectivity index (χ2v) is 5.44. The third-order valence-corrected chi connectivity index (χ3v) is 3.84. The second-order valence-electron chi connectivity index (χ2n) is 4.49. The molecular weight excluding hydrogens is 294 g/mol. The maximum atomic E-state index is 11.0. The summed E-state index contributed by atoms with van der Waals surface area (Å²) in [6, 6.07) is 1.89. The van der Waals surface area contributed by atoms with Crippen molar-refractivity contribution in [2.75, 3.05) is 0 Å². The van der Waals surface area contributed by atoms with Gasteiger partial charge in [0.1, 0.15) is 0 Å². The van der Waals surface area contributed by atoms with Crippen LogP contribution in [0.1, 0.15) is 11.4 Å². The summed E-state index contributed by atoms with van der Waals surface area (Å²) in [6.45, 7) is 3.78. The fraction of sp³-hybridized carbons (Fsp3) is 0.273. The van der Waals surface area contributed by atoms with Gasteiger partial charge in [0.25, 0.3) is 5.78 Å². The normalized spacial score (nSPS) is 11.2. The summed E-state index contributed by atoms with van der Waals surface area (Å²) in [5, 5.41) is 16.0. The first-order valence-corrected chi connectivity index (χ1v) is 6.82. The molecule has 10 heteroatoms. The van der Waals surface area contributed by atoms with Gasteiger partial charge in [0.05, 0.1) is 0 Å². The van der Waals surface area contributed by atoms with E-state index in [1.165, 1.54) is 6.33 Å². The predicted octanol–water partition coefficient (Wildman–Crippen LogP) is 1.53. The molecule has 0 amide bonds. The van der Waals surface area contributed by atoms with Crippen LogP contribution in [0.25, 0.3) is 5.78 Å². The van der Waals surface area contributed by atoms with Crippen molar-refractivity contribution in [2.45, 2.75) is 24.0 Å². The van der Waals surface area contributed by atoms with Crippen molar-refractivity contribution in [1.29, 1.82) is 0 Å². The zero-order chi connectivity index (χ0) is 15.1. The largest absolute Gasteiger partial charge is 0.396 e. The van der Waals surface area contributed by atoms with Crippen molar-refractivity contribution in [1.82, 2.24) is 29.1 Å². The third kappa shape index (κ3) is 2.33. The Morgan fingerprint density at radius 1 is 1.33 bits per heavy atom. The molecular formula is C11H11N7O2S. The van der Waals surface area contributed by atoms with E-state index in [1.54, 1.807) is 16.1 Å². The SMILES string of the molecule is Cc1cc(C)n2nc(Sc3c([N+](=O)[O-])ncn3C)nc2n1. The molecule has 0 unspecified atom stereocenters. The van der Waals surface area contributed by atoms with E-state index in [-0.39, 0.29) is 5.82 Å². The third-order valence-electron chi connectivity index (χ3n) is 2.82. The molecule has 3 aromatic heterocycles. The molecule has 0 aliphatic rings. The average molecular weight is 305 g/mol. The summed E-state index contributed by atoms with van der Waals surface area (Å²) in [7, 11) is 1.69. The molecule has 0 bridgehead atoms. The Morgan fingerprint density at radius 2 is 2.10 bits per heavy atom. The number of hydrogen-bond acceptors (Lipinski definition) is 7. The van der Waals surface area contributed by atoms with Crippen molar-refractivity contribution in [3.8, 4) is 0 Å². The van der Waals surface area contributed by atoms with Gasteiger partial charge in [-0.15, -0.1) is 5.10 Å². The van der Waals surface area contributed by atoms with Crippen LogP contribution in [0, 0.1) is 24.0 Å². The van der Waals surface area contributed by atoms with Crippen LogP contribution < -0.4 is 0 Å². The van der Waals surface area contributed by atoms with E-state index >= 15 is 0 Å². The van der Waals surface area contributed by atoms with Gasteiger partial charge in [-0.2, -0.15) is 4.98 Å². The summed E-state index contributed by atoms with van der Waals surface area (Å²) in [6.07, 6.45) is 1.39. The Balaban J connectivity index is 2.05. The minimum atomic E-state index is -0.522. The number of nitrogens with zero attached hydrogens (tertiary/aromatic N) is 7. The standard InChI is InChI=1S/C11H11N7O2S/c1-6-4-7(2)17-10(13-6)14-11(15-17)21-9-8(18(19)20)12-5-16(9)3/h4-5H,1-3H3. The topological polar surface area (TPSA) is 104 Å². The number of hydrogen-bond donors (Lipinski definition) is 0. The van der Waals surface area contributed by atoms with Crippen LogP contribution in [0.5, 0.6) is 0 Å². The van der Waals surface area contributed by atoms with Crippen LogP contribution in [0.2, 0.25) is 0 Å². The van der Waals surface area contributed by atoms with Crippen LogP contribution in [0.3, 0.4) is 0 Å². The van der Waals surface area contributed by atoms with Crippen molar-refractivity contribution in [2.24, 2.45) is 7.05 Å². The quantitative estimate of drug-likeness (QED) is 0.534. The highest BCUT2D eigenvalue weighted by Crippen LogP contribution is 2.31. The highest BCUT2D eigenvalue weighted by molar-refractivity contribution is 7.99. The molecule has 0 saturated heterocycles. The number of nitro groups is 1. The number of imidazole rings is 1. The van der Waals surface area contributed by atoms with Crippen LogP contribution >= 0.6 is 11.8 Å². The maximum absolute atomic E-state index is 11.0. The molecule has 0 radical (unpaired) electrons. The fourth-order valence-corrected chi connectivity index (χ4v) is 2.76. The van der Waals surface area contributed by atoms with Crippen molar-refractivity contribution in [3.05, 3.63) is 33.9 Å². The lowest BCUT2D eigenvalue weighted by atomic mass is 10.4. The number of aromatic nitrogens is 6. The highest BCUT2D eigenvalue weighted by atomic mass is 32.2. The number of aryl methyl sites for hydroxylation is 3. The van der Waals surface area contributed by atoms with Gasteiger partial charge in [-0.3, -0.25) is 0 Å². The molecule has 0 aliphatic heterocycles. The highest BCUT2D eigenvalue weighted by Gasteiger charge is 2.23. The van der Waals surface area contributed by atoms with Crippen molar-refractivity contribution >= 4 is 23.4 Å². The van der Waals surface area contributed by atoms with E-state index in [9.17, 15) is 10.1 Å². The molecule has 9 nitrogen and oxygen atoms in total. The van der Waals surface area contributed by atoms with Crippen LogP contribution in [-0.4, -0.2) is 34.1 Å². The minimum absolute atomic E-state index is 0.206. The monoisotopic (exact) mass is 305 g/mol. The van der Waals surface area contributed by atoms with E-state index in [1.807, 2.05) is 19.9 Å². The first-order chi connectivity index (χ1) is 9.95. The van der Waals surface area contributed by atoms with Crippen LogP contribution in [0.4, 0.5) is 5.82 Å². The molecule has 3 aromatic rings. The van der Waals surface area contributed by atoms with Gasteiger partial charge in [-0.25, -0.2) is 9.50 Å². The molecule has 0 atom stereocenters. The van der Waals surface area contributed by atoms with Gasteiger partial charge < -0.3 is 14.7 Å². The van der Waals surface area contributed by atoms with E-state index in [2.05, 4.69) is 20.1 Å². The molecule has 0 aromatic carbocycles. The fourth-order valence-electron chi connectivity index (χ4n) is 1.93. The maximum Gasteiger partial charge on any atom is 0.396 e. The Morgan fingerprint density at radius 3 is 2.81 bits per heavy atom. The summed E-state index contributed by atoms with van der Waals surface area (Å²) in [5.74, 6) is 0.266. The van der Waals surface area contributed by atoms with Crippen LogP contribution in [-0.2, 0) is 7.05 Å². The average Bonchev–Trinajstić information content (AvgIpc) is 2.94.